The lowest BCUT2D eigenvalue weighted by atomic mass is 10.1. The number of rotatable bonds is 5. The summed E-state index contributed by atoms with van der Waals surface area (Å²) in [6, 6.07) is 11.4. The Kier molecular flexibility index (Phi) is 5.26. The van der Waals surface area contributed by atoms with Crippen molar-refractivity contribution in [3.63, 3.8) is 0 Å². The van der Waals surface area contributed by atoms with Gasteiger partial charge in [-0.25, -0.2) is 4.98 Å². The fraction of sp³-hybridized carbons (Fsp3) is 0.200. The highest BCUT2D eigenvalue weighted by Crippen LogP contribution is 2.14. The second kappa shape index (κ2) is 7.17. The van der Waals surface area contributed by atoms with Crippen LogP contribution in [0.3, 0.4) is 0 Å². The maximum Gasteiger partial charge on any atom is 0.271 e. The van der Waals surface area contributed by atoms with E-state index in [1.807, 2.05) is 24.3 Å². The first-order valence-corrected chi connectivity index (χ1v) is 6.96. The lowest BCUT2D eigenvalue weighted by molar-refractivity contribution is 0.0944. The van der Waals surface area contributed by atoms with Crippen LogP contribution in [-0.4, -0.2) is 18.0 Å². The number of carbonyl (C=O) groups excluding carboxylic acids is 1. The quantitative estimate of drug-likeness (QED) is 0.914. The standard InChI is InChI=1S/C15H15BrN2O2/c1-20-10-12-6-3-2-5-11(12)9-18-15(19)14-13(16)7-4-8-17-14/h2-8H,9-10H2,1H3,(H,18,19). The Balaban J connectivity index is 2.06. The fourth-order valence-electron chi connectivity index (χ4n) is 1.84. The van der Waals surface area contributed by atoms with Crippen molar-refractivity contribution in [2.24, 2.45) is 0 Å². The predicted octanol–water partition coefficient (Wildman–Crippen LogP) is 2.92. The molecule has 0 bridgehead atoms. The van der Waals surface area contributed by atoms with Gasteiger partial charge in [0.15, 0.2) is 0 Å². The summed E-state index contributed by atoms with van der Waals surface area (Å²) in [7, 11) is 1.65. The van der Waals surface area contributed by atoms with Gasteiger partial charge in [-0.1, -0.05) is 24.3 Å². The molecule has 1 N–H and O–H groups in total. The molecule has 2 rings (SSSR count). The van der Waals surface area contributed by atoms with E-state index in [1.54, 1.807) is 25.4 Å². The minimum Gasteiger partial charge on any atom is -0.380 e. The summed E-state index contributed by atoms with van der Waals surface area (Å²) >= 11 is 3.32. The molecule has 0 saturated carbocycles. The van der Waals surface area contributed by atoms with Crippen LogP contribution in [-0.2, 0) is 17.9 Å². The summed E-state index contributed by atoms with van der Waals surface area (Å²) < 4.78 is 5.83. The number of hydrogen-bond donors (Lipinski definition) is 1. The predicted molar refractivity (Wildman–Crippen MR) is 80.3 cm³/mol. The normalized spacial score (nSPS) is 10.3. The molecule has 1 heterocycles. The van der Waals surface area contributed by atoms with E-state index < -0.39 is 0 Å². The van der Waals surface area contributed by atoms with Gasteiger partial charge in [-0.05, 0) is 39.2 Å². The van der Waals surface area contributed by atoms with Crippen LogP contribution in [0.4, 0.5) is 0 Å². The van der Waals surface area contributed by atoms with Gasteiger partial charge in [-0.3, -0.25) is 4.79 Å². The van der Waals surface area contributed by atoms with Crippen LogP contribution >= 0.6 is 15.9 Å². The van der Waals surface area contributed by atoms with E-state index in [2.05, 4.69) is 26.2 Å². The number of pyridine rings is 1. The van der Waals surface area contributed by atoms with Gasteiger partial charge in [0.25, 0.3) is 5.91 Å². The topological polar surface area (TPSA) is 51.2 Å². The lowest BCUT2D eigenvalue weighted by Gasteiger charge is -2.10. The first-order valence-electron chi connectivity index (χ1n) is 6.17. The number of benzene rings is 1. The SMILES string of the molecule is COCc1ccccc1CNC(=O)c1ncccc1Br. The zero-order valence-corrected chi connectivity index (χ0v) is 12.7. The number of nitrogens with zero attached hydrogens (tertiary/aromatic N) is 1. The summed E-state index contributed by atoms with van der Waals surface area (Å²) in [5.74, 6) is -0.204. The fourth-order valence-corrected chi connectivity index (χ4v) is 2.27. The van der Waals surface area contributed by atoms with Crippen molar-refractivity contribution in [3.05, 3.63) is 63.9 Å². The highest BCUT2D eigenvalue weighted by atomic mass is 79.9. The molecule has 0 aliphatic rings. The molecule has 5 heteroatoms. The molecule has 0 fully saturated rings. The number of methoxy groups -OCH3 is 1. The molecule has 1 amide bonds. The molecule has 0 unspecified atom stereocenters. The zero-order valence-electron chi connectivity index (χ0n) is 11.1. The van der Waals surface area contributed by atoms with E-state index in [0.29, 0.717) is 23.3 Å². The molecule has 0 aliphatic carbocycles. The van der Waals surface area contributed by atoms with Crippen molar-refractivity contribution in [3.8, 4) is 0 Å². The molecule has 0 atom stereocenters. The average molecular weight is 335 g/mol. The maximum absolute atomic E-state index is 12.1. The largest absolute Gasteiger partial charge is 0.380 e. The van der Waals surface area contributed by atoms with Gasteiger partial charge in [0.1, 0.15) is 5.69 Å². The van der Waals surface area contributed by atoms with Gasteiger partial charge in [0.2, 0.25) is 0 Å². The third-order valence-electron chi connectivity index (χ3n) is 2.83. The van der Waals surface area contributed by atoms with Crippen LogP contribution in [0.15, 0.2) is 47.1 Å². The molecule has 104 valence electrons. The van der Waals surface area contributed by atoms with E-state index in [0.717, 1.165) is 11.1 Å². The zero-order chi connectivity index (χ0) is 14.4. The summed E-state index contributed by atoms with van der Waals surface area (Å²) in [4.78, 5) is 16.1. The van der Waals surface area contributed by atoms with E-state index in [1.165, 1.54) is 0 Å². The number of nitrogens with one attached hydrogen (secondary N) is 1. The minimum atomic E-state index is -0.204. The van der Waals surface area contributed by atoms with Crippen molar-refractivity contribution in [1.82, 2.24) is 10.3 Å². The highest BCUT2D eigenvalue weighted by Gasteiger charge is 2.11. The first kappa shape index (κ1) is 14.7. The van der Waals surface area contributed by atoms with Crippen LogP contribution in [0, 0.1) is 0 Å². The van der Waals surface area contributed by atoms with Crippen molar-refractivity contribution in [1.29, 1.82) is 0 Å². The van der Waals surface area contributed by atoms with Gasteiger partial charge in [-0.2, -0.15) is 0 Å². The van der Waals surface area contributed by atoms with Gasteiger partial charge in [0.05, 0.1) is 6.61 Å². The number of halogens is 1. The molecule has 0 aliphatic heterocycles. The maximum atomic E-state index is 12.1. The summed E-state index contributed by atoms with van der Waals surface area (Å²) in [5, 5.41) is 2.87. The smallest absolute Gasteiger partial charge is 0.271 e. The van der Waals surface area contributed by atoms with Crippen molar-refractivity contribution >= 4 is 21.8 Å². The Morgan fingerprint density at radius 2 is 2.00 bits per heavy atom. The van der Waals surface area contributed by atoms with Gasteiger partial charge < -0.3 is 10.1 Å². The van der Waals surface area contributed by atoms with Crippen LogP contribution in [0.1, 0.15) is 21.6 Å². The summed E-state index contributed by atoms with van der Waals surface area (Å²) in [6.45, 7) is 0.973. The molecule has 2 aromatic rings. The van der Waals surface area contributed by atoms with Crippen LogP contribution in [0.2, 0.25) is 0 Å². The Morgan fingerprint density at radius 1 is 1.25 bits per heavy atom. The minimum absolute atomic E-state index is 0.204. The summed E-state index contributed by atoms with van der Waals surface area (Å²) in [6.07, 6.45) is 1.60. The lowest BCUT2D eigenvalue weighted by Crippen LogP contribution is -2.24. The molecule has 0 spiro atoms. The Bertz CT molecular complexity index is 602. The molecule has 0 saturated heterocycles. The second-order valence-corrected chi connectivity index (χ2v) is 5.07. The molecule has 20 heavy (non-hydrogen) atoms. The number of aromatic nitrogens is 1. The van der Waals surface area contributed by atoms with E-state index in [4.69, 9.17) is 4.74 Å². The van der Waals surface area contributed by atoms with Gasteiger partial charge in [-0.15, -0.1) is 0 Å². The third kappa shape index (κ3) is 3.65. The average Bonchev–Trinajstić information content (AvgIpc) is 2.47. The number of carbonyl (C=O) groups is 1. The first-order chi connectivity index (χ1) is 9.72. The second-order valence-electron chi connectivity index (χ2n) is 4.22. The summed E-state index contributed by atoms with van der Waals surface area (Å²) in [5.41, 5.74) is 2.49. The third-order valence-corrected chi connectivity index (χ3v) is 3.47. The van der Waals surface area contributed by atoms with E-state index in [-0.39, 0.29) is 5.91 Å². The van der Waals surface area contributed by atoms with Crippen LogP contribution < -0.4 is 5.32 Å². The highest BCUT2D eigenvalue weighted by molar-refractivity contribution is 9.10. The molecule has 1 aromatic carbocycles. The number of ether oxygens (including phenoxy) is 1. The molecular formula is C15H15BrN2O2. The molecule has 0 radical (unpaired) electrons. The monoisotopic (exact) mass is 334 g/mol. The van der Waals surface area contributed by atoms with Crippen LogP contribution in [0.25, 0.3) is 0 Å². The number of hydrogen-bond acceptors (Lipinski definition) is 3. The van der Waals surface area contributed by atoms with Crippen molar-refractivity contribution in [2.75, 3.05) is 7.11 Å². The molecule has 1 aromatic heterocycles. The Hall–Kier alpha value is -1.72. The number of amides is 1. The van der Waals surface area contributed by atoms with Gasteiger partial charge in [0, 0.05) is 24.3 Å². The van der Waals surface area contributed by atoms with E-state index >= 15 is 0 Å². The van der Waals surface area contributed by atoms with Crippen molar-refractivity contribution < 1.29 is 9.53 Å². The Labute approximate surface area is 126 Å². The molecular weight excluding hydrogens is 320 g/mol. The van der Waals surface area contributed by atoms with Gasteiger partial charge >= 0.3 is 0 Å². The van der Waals surface area contributed by atoms with Crippen LogP contribution in [0.5, 0.6) is 0 Å². The van der Waals surface area contributed by atoms with E-state index in [9.17, 15) is 4.79 Å². The van der Waals surface area contributed by atoms with Crippen molar-refractivity contribution in [2.45, 2.75) is 13.2 Å². The Morgan fingerprint density at radius 3 is 2.70 bits per heavy atom. The molecule has 4 nitrogen and oxygen atoms in total.